The second-order valence-corrected chi connectivity index (χ2v) is 5.31. The summed E-state index contributed by atoms with van der Waals surface area (Å²) >= 11 is 12.0. The van der Waals surface area contributed by atoms with Crippen molar-refractivity contribution in [1.82, 2.24) is 0 Å². The van der Waals surface area contributed by atoms with Crippen LogP contribution in [0.25, 0.3) is 10.8 Å². The van der Waals surface area contributed by atoms with Gasteiger partial charge in [-0.25, -0.2) is 4.79 Å². The summed E-state index contributed by atoms with van der Waals surface area (Å²) in [6.07, 6.45) is 0. The van der Waals surface area contributed by atoms with Crippen molar-refractivity contribution in [3.05, 3.63) is 76.3 Å². The second kappa shape index (κ2) is 5.76. The minimum absolute atomic E-state index is 0.175. The molecule has 104 valence electrons. The molecule has 0 bridgehead atoms. The highest BCUT2D eigenvalue weighted by Gasteiger charge is 2.16. The molecule has 0 fully saturated rings. The highest BCUT2D eigenvalue weighted by Crippen LogP contribution is 2.27. The number of esters is 1. The Hall–Kier alpha value is -2.03. The predicted molar refractivity (Wildman–Crippen MR) is 85.4 cm³/mol. The van der Waals surface area contributed by atoms with Crippen LogP contribution in [0.2, 0.25) is 10.0 Å². The largest absolute Gasteiger partial charge is 0.423 e. The van der Waals surface area contributed by atoms with Gasteiger partial charge < -0.3 is 4.74 Å². The molecule has 0 amide bonds. The fraction of sp³-hybridized carbons (Fsp3) is 0. The lowest BCUT2D eigenvalue weighted by Gasteiger charge is -2.08. The predicted octanol–water partition coefficient (Wildman–Crippen LogP) is 5.37. The van der Waals surface area contributed by atoms with E-state index in [1.807, 2.05) is 30.3 Å². The summed E-state index contributed by atoms with van der Waals surface area (Å²) < 4.78 is 5.36. The van der Waals surface area contributed by atoms with Crippen molar-refractivity contribution in [2.45, 2.75) is 0 Å². The Morgan fingerprint density at radius 1 is 0.810 bits per heavy atom. The van der Waals surface area contributed by atoms with Gasteiger partial charge in [0.2, 0.25) is 0 Å². The minimum atomic E-state index is -0.569. The smallest absolute Gasteiger partial charge is 0.346 e. The Morgan fingerprint density at radius 3 is 2.19 bits per heavy atom. The first-order chi connectivity index (χ1) is 10.1. The number of benzene rings is 3. The molecular formula is C17H10Cl2O2. The number of hydrogen-bond donors (Lipinski definition) is 0. The Labute approximate surface area is 131 Å². The maximum Gasteiger partial charge on any atom is 0.346 e. The summed E-state index contributed by atoms with van der Waals surface area (Å²) in [7, 11) is 0. The molecule has 0 aliphatic rings. The lowest BCUT2D eigenvalue weighted by molar-refractivity contribution is 0.0735. The van der Waals surface area contributed by atoms with Crippen LogP contribution in [0.3, 0.4) is 0 Å². The average molecular weight is 317 g/mol. The molecule has 0 aromatic heterocycles. The lowest BCUT2D eigenvalue weighted by Crippen LogP contribution is -2.09. The van der Waals surface area contributed by atoms with E-state index in [0.717, 1.165) is 10.8 Å². The summed E-state index contributed by atoms with van der Waals surface area (Å²) in [6.45, 7) is 0. The van der Waals surface area contributed by atoms with Gasteiger partial charge in [-0.2, -0.15) is 0 Å². The van der Waals surface area contributed by atoms with Crippen LogP contribution in [0.1, 0.15) is 10.4 Å². The van der Waals surface area contributed by atoms with Crippen LogP contribution >= 0.6 is 23.2 Å². The van der Waals surface area contributed by atoms with Crippen molar-refractivity contribution in [3.63, 3.8) is 0 Å². The van der Waals surface area contributed by atoms with Gasteiger partial charge in [0, 0.05) is 0 Å². The Balaban J connectivity index is 1.93. The number of ether oxygens (including phenoxy) is 1. The molecule has 3 aromatic carbocycles. The molecule has 0 N–H and O–H groups in total. The maximum atomic E-state index is 12.2. The molecule has 21 heavy (non-hydrogen) atoms. The third kappa shape index (κ3) is 2.87. The van der Waals surface area contributed by atoms with Crippen molar-refractivity contribution >= 4 is 39.9 Å². The second-order valence-electron chi connectivity index (χ2n) is 4.50. The molecule has 0 unspecified atom stereocenters. The molecule has 3 aromatic rings. The number of rotatable bonds is 2. The third-order valence-electron chi connectivity index (χ3n) is 3.10. The van der Waals surface area contributed by atoms with Gasteiger partial charge in [-0.15, -0.1) is 0 Å². The topological polar surface area (TPSA) is 26.3 Å². The van der Waals surface area contributed by atoms with Gasteiger partial charge in [0.15, 0.2) is 0 Å². The van der Waals surface area contributed by atoms with Crippen LogP contribution in [0.5, 0.6) is 5.75 Å². The molecule has 0 aliphatic heterocycles. The van der Waals surface area contributed by atoms with E-state index in [4.69, 9.17) is 27.9 Å². The number of halogens is 2. The molecule has 4 heteroatoms. The lowest BCUT2D eigenvalue weighted by atomic mass is 10.1. The molecule has 0 spiro atoms. The zero-order valence-electron chi connectivity index (χ0n) is 10.8. The zero-order valence-corrected chi connectivity index (χ0v) is 12.4. The van der Waals surface area contributed by atoms with E-state index in [0.29, 0.717) is 5.75 Å². The van der Waals surface area contributed by atoms with Crippen LogP contribution in [-0.2, 0) is 0 Å². The highest BCUT2D eigenvalue weighted by atomic mass is 35.5. The Bertz CT molecular complexity index is 808. The van der Waals surface area contributed by atoms with Gasteiger partial charge in [0.25, 0.3) is 0 Å². The summed E-state index contributed by atoms with van der Waals surface area (Å²) in [5.41, 5.74) is 0.175. The van der Waals surface area contributed by atoms with Crippen molar-refractivity contribution in [1.29, 1.82) is 0 Å². The van der Waals surface area contributed by atoms with Crippen molar-refractivity contribution in [2.75, 3.05) is 0 Å². The molecule has 3 rings (SSSR count). The van der Waals surface area contributed by atoms with Crippen LogP contribution in [0.4, 0.5) is 0 Å². The minimum Gasteiger partial charge on any atom is -0.423 e. The molecule has 0 saturated carbocycles. The summed E-state index contributed by atoms with van der Waals surface area (Å²) in [6, 6.07) is 18.2. The van der Waals surface area contributed by atoms with Crippen LogP contribution in [0.15, 0.2) is 60.7 Å². The quantitative estimate of drug-likeness (QED) is 0.469. The van der Waals surface area contributed by atoms with E-state index in [1.54, 1.807) is 30.3 Å². The van der Waals surface area contributed by atoms with E-state index >= 15 is 0 Å². The van der Waals surface area contributed by atoms with Gasteiger partial charge in [-0.1, -0.05) is 59.6 Å². The van der Waals surface area contributed by atoms with Crippen LogP contribution in [-0.4, -0.2) is 5.97 Å². The first kappa shape index (κ1) is 13.9. The molecule has 0 aliphatic carbocycles. The molecule has 0 radical (unpaired) electrons. The third-order valence-corrected chi connectivity index (χ3v) is 3.73. The highest BCUT2D eigenvalue weighted by molar-refractivity contribution is 6.39. The number of carbonyl (C=O) groups is 1. The normalized spacial score (nSPS) is 10.6. The monoisotopic (exact) mass is 316 g/mol. The fourth-order valence-corrected chi connectivity index (χ4v) is 2.63. The summed E-state index contributed by atoms with van der Waals surface area (Å²) in [5, 5.41) is 2.61. The van der Waals surface area contributed by atoms with Crippen molar-refractivity contribution in [3.8, 4) is 5.75 Å². The van der Waals surface area contributed by atoms with Crippen molar-refractivity contribution < 1.29 is 9.53 Å². The Kier molecular flexibility index (Phi) is 3.82. The first-order valence-corrected chi connectivity index (χ1v) is 7.06. The fourth-order valence-electron chi connectivity index (χ4n) is 2.08. The SMILES string of the molecule is O=C(Oc1ccc2ccccc2c1)c1c(Cl)cccc1Cl. The van der Waals surface area contributed by atoms with Gasteiger partial charge in [-0.3, -0.25) is 0 Å². The van der Waals surface area contributed by atoms with Crippen molar-refractivity contribution in [2.24, 2.45) is 0 Å². The number of carbonyl (C=O) groups excluding carboxylic acids is 1. The Morgan fingerprint density at radius 2 is 1.48 bits per heavy atom. The van der Waals surface area contributed by atoms with Gasteiger partial charge >= 0.3 is 5.97 Å². The standard InChI is InChI=1S/C17H10Cl2O2/c18-14-6-3-7-15(19)16(14)17(20)21-13-9-8-11-4-1-2-5-12(11)10-13/h1-10H. The summed E-state index contributed by atoms with van der Waals surface area (Å²) in [5.74, 6) is -0.115. The van der Waals surface area contributed by atoms with Gasteiger partial charge in [-0.05, 0) is 35.0 Å². The van der Waals surface area contributed by atoms with Gasteiger partial charge in [0.05, 0.1) is 15.6 Å². The molecule has 0 atom stereocenters. The van der Waals surface area contributed by atoms with E-state index < -0.39 is 5.97 Å². The average Bonchev–Trinajstić information content (AvgIpc) is 2.47. The molecule has 0 heterocycles. The van der Waals surface area contributed by atoms with E-state index in [-0.39, 0.29) is 15.6 Å². The number of fused-ring (bicyclic) bond motifs is 1. The van der Waals surface area contributed by atoms with E-state index in [9.17, 15) is 4.79 Å². The first-order valence-electron chi connectivity index (χ1n) is 6.30. The van der Waals surface area contributed by atoms with E-state index in [2.05, 4.69) is 0 Å². The van der Waals surface area contributed by atoms with Gasteiger partial charge in [0.1, 0.15) is 5.75 Å². The van der Waals surface area contributed by atoms with Crippen LogP contribution in [0, 0.1) is 0 Å². The summed E-state index contributed by atoms with van der Waals surface area (Å²) in [4.78, 5) is 12.2. The molecule has 2 nitrogen and oxygen atoms in total. The van der Waals surface area contributed by atoms with Crippen LogP contribution < -0.4 is 4.74 Å². The number of hydrogen-bond acceptors (Lipinski definition) is 2. The maximum absolute atomic E-state index is 12.2. The van der Waals surface area contributed by atoms with E-state index in [1.165, 1.54) is 0 Å². The zero-order chi connectivity index (χ0) is 14.8. The molecular weight excluding hydrogens is 307 g/mol. The molecule has 0 saturated heterocycles.